The highest BCUT2D eigenvalue weighted by molar-refractivity contribution is 6.02. The molecule has 0 unspecified atom stereocenters. The van der Waals surface area contributed by atoms with E-state index in [2.05, 4.69) is 10.4 Å². The summed E-state index contributed by atoms with van der Waals surface area (Å²) in [6, 6.07) is 0. The van der Waals surface area contributed by atoms with E-state index in [4.69, 9.17) is 4.74 Å². The van der Waals surface area contributed by atoms with E-state index < -0.39 is 11.4 Å². The van der Waals surface area contributed by atoms with Gasteiger partial charge in [-0.3, -0.25) is 9.48 Å². The van der Waals surface area contributed by atoms with Crippen LogP contribution in [0.3, 0.4) is 0 Å². The van der Waals surface area contributed by atoms with Gasteiger partial charge >= 0.3 is 5.97 Å². The summed E-state index contributed by atoms with van der Waals surface area (Å²) < 4.78 is 6.13. The number of amides is 1. The maximum atomic E-state index is 12.2. The number of nitrogens with one attached hydrogen (secondary N) is 1. The molecule has 0 radical (unpaired) electrons. The van der Waals surface area contributed by atoms with E-state index in [-0.39, 0.29) is 11.6 Å². The van der Waals surface area contributed by atoms with Crippen LogP contribution in [-0.2, 0) is 16.6 Å². The fourth-order valence-corrected chi connectivity index (χ4v) is 1.58. The van der Waals surface area contributed by atoms with Crippen LogP contribution < -0.4 is 5.32 Å². The van der Waals surface area contributed by atoms with Crippen molar-refractivity contribution in [1.82, 2.24) is 9.78 Å². The normalized spacial score (nSPS) is 11.3. The van der Waals surface area contributed by atoms with Crippen LogP contribution in [0.2, 0.25) is 0 Å². The maximum Gasteiger partial charge on any atom is 0.358 e. The second kappa shape index (κ2) is 5.42. The lowest BCUT2D eigenvalue weighted by Crippen LogP contribution is -2.30. The van der Waals surface area contributed by atoms with Crippen LogP contribution in [0.4, 0.5) is 5.69 Å². The Morgan fingerprint density at radius 1 is 1.42 bits per heavy atom. The summed E-state index contributed by atoms with van der Waals surface area (Å²) in [5, 5.41) is 6.93. The SMILES string of the molecule is CCC(C)(C)C(=O)Nc1c(C)nn(C)c1C(=O)OC. The van der Waals surface area contributed by atoms with Gasteiger partial charge in [-0.05, 0) is 13.3 Å². The number of anilines is 1. The molecule has 1 aromatic rings. The van der Waals surface area contributed by atoms with E-state index in [1.807, 2.05) is 20.8 Å². The quantitative estimate of drug-likeness (QED) is 0.845. The van der Waals surface area contributed by atoms with Gasteiger partial charge in [0.2, 0.25) is 5.91 Å². The molecule has 6 nitrogen and oxygen atoms in total. The van der Waals surface area contributed by atoms with Crippen LogP contribution in [0.5, 0.6) is 0 Å². The first-order valence-corrected chi connectivity index (χ1v) is 6.18. The predicted octanol–water partition coefficient (Wildman–Crippen LogP) is 1.89. The number of rotatable bonds is 4. The van der Waals surface area contributed by atoms with Crippen molar-refractivity contribution in [2.75, 3.05) is 12.4 Å². The Balaban J connectivity index is 3.15. The van der Waals surface area contributed by atoms with Crippen molar-refractivity contribution in [3.63, 3.8) is 0 Å². The lowest BCUT2D eigenvalue weighted by molar-refractivity contribution is -0.124. The van der Waals surface area contributed by atoms with Crippen LogP contribution in [-0.4, -0.2) is 28.8 Å². The maximum absolute atomic E-state index is 12.2. The van der Waals surface area contributed by atoms with Gasteiger partial charge in [0.05, 0.1) is 18.5 Å². The largest absolute Gasteiger partial charge is 0.464 e. The number of ether oxygens (including phenoxy) is 1. The van der Waals surface area contributed by atoms with E-state index in [1.54, 1.807) is 14.0 Å². The highest BCUT2D eigenvalue weighted by Gasteiger charge is 2.29. The number of esters is 1. The van der Waals surface area contributed by atoms with Crippen LogP contribution in [0.1, 0.15) is 43.4 Å². The fraction of sp³-hybridized carbons (Fsp3) is 0.615. The molecule has 1 amide bonds. The molecular formula is C13H21N3O3. The Kier molecular flexibility index (Phi) is 4.34. The second-order valence-electron chi connectivity index (χ2n) is 5.12. The molecule has 0 saturated heterocycles. The van der Waals surface area contributed by atoms with Gasteiger partial charge in [-0.25, -0.2) is 4.79 Å². The Hall–Kier alpha value is -1.85. The number of carbonyl (C=O) groups is 2. The minimum absolute atomic E-state index is 0.142. The van der Waals surface area contributed by atoms with E-state index in [9.17, 15) is 9.59 Å². The first-order chi connectivity index (χ1) is 8.74. The van der Waals surface area contributed by atoms with Crippen molar-refractivity contribution in [3.05, 3.63) is 11.4 Å². The Labute approximate surface area is 113 Å². The van der Waals surface area contributed by atoms with Crippen LogP contribution >= 0.6 is 0 Å². The molecule has 0 aliphatic heterocycles. The zero-order chi connectivity index (χ0) is 14.8. The highest BCUT2D eigenvalue weighted by Crippen LogP contribution is 2.26. The molecule has 1 aromatic heterocycles. The molecule has 0 saturated carbocycles. The average molecular weight is 267 g/mol. The number of aromatic nitrogens is 2. The van der Waals surface area contributed by atoms with Crippen molar-refractivity contribution in [3.8, 4) is 0 Å². The third-order valence-corrected chi connectivity index (χ3v) is 3.34. The summed E-state index contributed by atoms with van der Waals surface area (Å²) in [6.45, 7) is 7.38. The molecule has 0 atom stereocenters. The van der Waals surface area contributed by atoms with Gasteiger partial charge < -0.3 is 10.1 Å². The molecule has 106 valence electrons. The zero-order valence-corrected chi connectivity index (χ0v) is 12.3. The molecule has 19 heavy (non-hydrogen) atoms. The lowest BCUT2D eigenvalue weighted by atomic mass is 9.89. The molecule has 6 heteroatoms. The summed E-state index contributed by atoms with van der Waals surface area (Å²) in [4.78, 5) is 23.9. The van der Waals surface area contributed by atoms with E-state index in [1.165, 1.54) is 11.8 Å². The summed E-state index contributed by atoms with van der Waals surface area (Å²) in [5.41, 5.74) is 0.750. The van der Waals surface area contributed by atoms with E-state index in [0.717, 1.165) is 0 Å². The summed E-state index contributed by atoms with van der Waals surface area (Å²) in [7, 11) is 2.94. The molecule has 1 rings (SSSR count). The van der Waals surface area contributed by atoms with Gasteiger partial charge in [0.1, 0.15) is 0 Å². The van der Waals surface area contributed by atoms with Crippen molar-refractivity contribution in [2.24, 2.45) is 12.5 Å². The van der Waals surface area contributed by atoms with Gasteiger partial charge in [-0.2, -0.15) is 5.10 Å². The number of hydrogen-bond donors (Lipinski definition) is 1. The van der Waals surface area contributed by atoms with Crippen molar-refractivity contribution in [1.29, 1.82) is 0 Å². The molecule has 0 aromatic carbocycles. The lowest BCUT2D eigenvalue weighted by Gasteiger charge is -2.21. The van der Waals surface area contributed by atoms with Crippen LogP contribution in [0, 0.1) is 12.3 Å². The van der Waals surface area contributed by atoms with Crippen molar-refractivity contribution >= 4 is 17.6 Å². The standard InChI is InChI=1S/C13H21N3O3/c1-7-13(3,4)12(18)14-9-8(2)15-16(5)10(9)11(17)19-6/h7H2,1-6H3,(H,14,18). The minimum atomic E-state index is -0.521. The number of hydrogen-bond acceptors (Lipinski definition) is 4. The number of nitrogens with zero attached hydrogens (tertiary/aromatic N) is 2. The van der Waals surface area contributed by atoms with E-state index in [0.29, 0.717) is 17.8 Å². The smallest absolute Gasteiger partial charge is 0.358 e. The molecule has 0 fully saturated rings. The second-order valence-corrected chi connectivity index (χ2v) is 5.12. The zero-order valence-electron chi connectivity index (χ0n) is 12.3. The Morgan fingerprint density at radius 2 is 2.00 bits per heavy atom. The van der Waals surface area contributed by atoms with Gasteiger partial charge in [0, 0.05) is 12.5 Å². The number of aryl methyl sites for hydroxylation is 2. The molecule has 0 aliphatic carbocycles. The fourth-order valence-electron chi connectivity index (χ4n) is 1.58. The van der Waals surface area contributed by atoms with Gasteiger partial charge in [0.15, 0.2) is 5.69 Å². The summed E-state index contributed by atoms with van der Waals surface area (Å²) >= 11 is 0. The van der Waals surface area contributed by atoms with Crippen LogP contribution in [0.25, 0.3) is 0 Å². The third kappa shape index (κ3) is 2.94. The topological polar surface area (TPSA) is 73.2 Å². The molecule has 1 N–H and O–H groups in total. The van der Waals surface area contributed by atoms with E-state index >= 15 is 0 Å². The molecule has 0 aliphatic rings. The summed E-state index contributed by atoms with van der Waals surface area (Å²) in [5.74, 6) is -0.663. The van der Waals surface area contributed by atoms with Crippen molar-refractivity contribution < 1.29 is 14.3 Å². The van der Waals surface area contributed by atoms with Crippen molar-refractivity contribution in [2.45, 2.75) is 34.1 Å². The number of carbonyl (C=O) groups excluding carboxylic acids is 2. The minimum Gasteiger partial charge on any atom is -0.464 e. The van der Waals surface area contributed by atoms with Gasteiger partial charge in [0.25, 0.3) is 0 Å². The monoisotopic (exact) mass is 267 g/mol. The molecule has 0 spiro atoms. The first-order valence-electron chi connectivity index (χ1n) is 6.18. The number of methoxy groups -OCH3 is 1. The Morgan fingerprint density at radius 3 is 2.47 bits per heavy atom. The Bertz CT molecular complexity index is 503. The third-order valence-electron chi connectivity index (χ3n) is 3.34. The molecule has 1 heterocycles. The van der Waals surface area contributed by atoms with Crippen LogP contribution in [0.15, 0.2) is 0 Å². The first kappa shape index (κ1) is 15.2. The highest BCUT2D eigenvalue weighted by atomic mass is 16.5. The molecule has 0 bridgehead atoms. The van der Waals surface area contributed by atoms with Gasteiger partial charge in [-0.15, -0.1) is 0 Å². The van der Waals surface area contributed by atoms with Gasteiger partial charge in [-0.1, -0.05) is 20.8 Å². The predicted molar refractivity (Wildman–Crippen MR) is 72.0 cm³/mol. The average Bonchev–Trinajstić information content (AvgIpc) is 2.63. The molecular weight excluding hydrogens is 246 g/mol. The summed E-state index contributed by atoms with van der Waals surface area (Å²) in [6.07, 6.45) is 0.700.